The number of anilines is 1. The third-order valence-corrected chi connectivity index (χ3v) is 1.72. The predicted octanol–water partition coefficient (Wildman–Crippen LogP) is 1.65. The zero-order chi connectivity index (χ0) is 10.6. The average molecular weight is 197 g/mol. The van der Waals surface area contributed by atoms with Gasteiger partial charge in [-0.15, -0.1) is 0 Å². The maximum atomic E-state index is 12.1. The van der Waals surface area contributed by atoms with Gasteiger partial charge in [-0.2, -0.15) is 5.26 Å². The van der Waals surface area contributed by atoms with Crippen LogP contribution in [0.3, 0.4) is 0 Å². The molecule has 0 spiro atoms. The van der Waals surface area contributed by atoms with Crippen molar-refractivity contribution in [3.8, 4) is 6.07 Å². The molecule has 0 amide bonds. The molecule has 1 aromatic heterocycles. The zero-order valence-electron chi connectivity index (χ0n) is 7.61. The lowest BCUT2D eigenvalue weighted by Crippen LogP contribution is -2.24. The first-order chi connectivity index (χ1) is 6.65. The van der Waals surface area contributed by atoms with E-state index in [-0.39, 0.29) is 5.69 Å². The number of halogens is 2. The van der Waals surface area contributed by atoms with Crippen molar-refractivity contribution in [2.24, 2.45) is 0 Å². The Morgan fingerprint density at radius 2 is 2.36 bits per heavy atom. The molecule has 0 bridgehead atoms. The topological polar surface area (TPSA) is 39.9 Å². The maximum Gasteiger partial charge on any atom is 0.255 e. The summed E-state index contributed by atoms with van der Waals surface area (Å²) >= 11 is 0. The molecule has 14 heavy (non-hydrogen) atoms. The largest absolute Gasteiger partial charge is 0.367 e. The number of hydrogen-bond acceptors (Lipinski definition) is 3. The minimum Gasteiger partial charge on any atom is -0.367 e. The Balaban J connectivity index is 2.89. The fourth-order valence-corrected chi connectivity index (χ4v) is 1.10. The van der Waals surface area contributed by atoms with Gasteiger partial charge in [0, 0.05) is 13.2 Å². The highest BCUT2D eigenvalue weighted by Crippen LogP contribution is 2.16. The van der Waals surface area contributed by atoms with Gasteiger partial charge < -0.3 is 4.90 Å². The van der Waals surface area contributed by atoms with E-state index in [1.165, 1.54) is 18.1 Å². The van der Waals surface area contributed by atoms with Gasteiger partial charge in [0.15, 0.2) is 5.69 Å². The quantitative estimate of drug-likeness (QED) is 0.739. The van der Waals surface area contributed by atoms with Gasteiger partial charge >= 0.3 is 0 Å². The van der Waals surface area contributed by atoms with Gasteiger partial charge in [-0.05, 0) is 12.1 Å². The van der Waals surface area contributed by atoms with Gasteiger partial charge in [-0.1, -0.05) is 0 Å². The van der Waals surface area contributed by atoms with E-state index in [0.29, 0.717) is 5.69 Å². The Labute approximate surface area is 80.6 Å². The van der Waals surface area contributed by atoms with E-state index in [1.54, 1.807) is 12.1 Å². The molecule has 0 aliphatic heterocycles. The van der Waals surface area contributed by atoms with Crippen LogP contribution in [-0.4, -0.2) is 25.0 Å². The molecule has 0 aliphatic carbocycles. The third kappa shape index (κ3) is 2.39. The molecule has 0 atom stereocenters. The second-order valence-electron chi connectivity index (χ2n) is 2.75. The van der Waals surface area contributed by atoms with Crippen LogP contribution in [0.4, 0.5) is 14.5 Å². The van der Waals surface area contributed by atoms with Crippen LogP contribution in [0.5, 0.6) is 0 Å². The van der Waals surface area contributed by atoms with E-state index in [1.807, 2.05) is 6.07 Å². The van der Waals surface area contributed by atoms with E-state index in [2.05, 4.69) is 4.98 Å². The molecule has 0 aliphatic rings. The Kier molecular flexibility index (Phi) is 3.35. The molecule has 0 unspecified atom stereocenters. The fraction of sp³-hybridized carbons (Fsp3) is 0.333. The zero-order valence-corrected chi connectivity index (χ0v) is 7.61. The molecule has 5 heteroatoms. The first kappa shape index (κ1) is 10.4. The van der Waals surface area contributed by atoms with Crippen molar-refractivity contribution in [2.45, 2.75) is 6.43 Å². The Hall–Kier alpha value is -1.70. The number of hydrogen-bond donors (Lipinski definition) is 0. The second kappa shape index (κ2) is 4.51. The number of rotatable bonds is 3. The number of alkyl halides is 2. The summed E-state index contributed by atoms with van der Waals surface area (Å²) < 4.78 is 24.1. The van der Waals surface area contributed by atoms with Crippen LogP contribution in [0.15, 0.2) is 18.3 Å². The van der Waals surface area contributed by atoms with Crippen molar-refractivity contribution in [1.29, 1.82) is 5.26 Å². The molecule has 1 aromatic rings. The van der Waals surface area contributed by atoms with E-state index in [9.17, 15) is 8.78 Å². The fourth-order valence-electron chi connectivity index (χ4n) is 1.10. The van der Waals surface area contributed by atoms with E-state index >= 15 is 0 Å². The lowest BCUT2D eigenvalue weighted by Gasteiger charge is -2.18. The molecule has 3 nitrogen and oxygen atoms in total. The lowest BCUT2D eigenvalue weighted by atomic mass is 10.3. The monoisotopic (exact) mass is 197 g/mol. The number of pyridine rings is 1. The summed E-state index contributed by atoms with van der Waals surface area (Å²) in [6.45, 7) is -0.402. The molecule has 0 radical (unpaired) electrons. The van der Waals surface area contributed by atoms with Gasteiger partial charge in [0.2, 0.25) is 0 Å². The smallest absolute Gasteiger partial charge is 0.255 e. The summed E-state index contributed by atoms with van der Waals surface area (Å²) in [5, 5.41) is 8.67. The highest BCUT2D eigenvalue weighted by Gasteiger charge is 2.12. The van der Waals surface area contributed by atoms with Gasteiger partial charge in [0.25, 0.3) is 6.43 Å². The molecule has 0 fully saturated rings. The van der Waals surface area contributed by atoms with E-state index in [0.717, 1.165) is 0 Å². The van der Waals surface area contributed by atoms with Crippen molar-refractivity contribution in [1.82, 2.24) is 4.98 Å². The van der Waals surface area contributed by atoms with Gasteiger partial charge in [0.05, 0.1) is 12.2 Å². The van der Waals surface area contributed by atoms with Crippen molar-refractivity contribution in [3.63, 3.8) is 0 Å². The molecular weight excluding hydrogens is 188 g/mol. The lowest BCUT2D eigenvalue weighted by molar-refractivity contribution is 0.156. The van der Waals surface area contributed by atoms with E-state index in [4.69, 9.17) is 5.26 Å². The highest BCUT2D eigenvalue weighted by molar-refractivity contribution is 5.54. The van der Waals surface area contributed by atoms with Crippen molar-refractivity contribution in [2.75, 3.05) is 18.5 Å². The van der Waals surface area contributed by atoms with Crippen LogP contribution in [0.25, 0.3) is 0 Å². The minimum atomic E-state index is -2.42. The van der Waals surface area contributed by atoms with Crippen LogP contribution in [0.2, 0.25) is 0 Å². The summed E-state index contributed by atoms with van der Waals surface area (Å²) in [7, 11) is 1.50. The Bertz CT molecular complexity index is 346. The second-order valence-corrected chi connectivity index (χ2v) is 2.75. The summed E-state index contributed by atoms with van der Waals surface area (Å²) in [6, 6.07) is 5.05. The van der Waals surface area contributed by atoms with Gasteiger partial charge in [-0.3, -0.25) is 0 Å². The minimum absolute atomic E-state index is 0.163. The summed E-state index contributed by atoms with van der Waals surface area (Å²) in [6.07, 6.45) is -0.968. The predicted molar refractivity (Wildman–Crippen MR) is 48.2 cm³/mol. The maximum absolute atomic E-state index is 12.1. The standard InChI is InChI=1S/C9H9F2N3/c1-14(6-9(10)11)8-3-2-4-13-7(8)5-12/h2-4,9H,6H2,1H3. The van der Waals surface area contributed by atoms with Crippen molar-refractivity contribution >= 4 is 5.69 Å². The molecule has 0 aromatic carbocycles. The number of nitrogens with zero attached hydrogens (tertiary/aromatic N) is 3. The van der Waals surface area contributed by atoms with Crippen LogP contribution in [-0.2, 0) is 0 Å². The Morgan fingerprint density at radius 1 is 1.64 bits per heavy atom. The molecule has 74 valence electrons. The van der Waals surface area contributed by atoms with Crippen LogP contribution in [0, 0.1) is 11.3 Å². The Morgan fingerprint density at radius 3 is 2.93 bits per heavy atom. The first-order valence-corrected chi connectivity index (χ1v) is 3.99. The first-order valence-electron chi connectivity index (χ1n) is 3.99. The molecule has 1 rings (SSSR count). The average Bonchev–Trinajstić information content (AvgIpc) is 2.16. The normalized spacial score (nSPS) is 9.93. The van der Waals surface area contributed by atoms with E-state index < -0.39 is 13.0 Å². The molecule has 1 heterocycles. The third-order valence-electron chi connectivity index (χ3n) is 1.72. The SMILES string of the molecule is CN(CC(F)F)c1cccnc1C#N. The summed E-state index contributed by atoms with van der Waals surface area (Å²) in [5.74, 6) is 0. The molecular formula is C9H9F2N3. The molecule has 0 saturated heterocycles. The highest BCUT2D eigenvalue weighted by atomic mass is 19.3. The number of nitriles is 1. The summed E-state index contributed by atoms with van der Waals surface area (Å²) in [5.41, 5.74) is 0.589. The van der Waals surface area contributed by atoms with Crippen molar-refractivity contribution in [3.05, 3.63) is 24.0 Å². The van der Waals surface area contributed by atoms with Crippen LogP contribution >= 0.6 is 0 Å². The van der Waals surface area contributed by atoms with Crippen LogP contribution < -0.4 is 4.90 Å². The number of aromatic nitrogens is 1. The van der Waals surface area contributed by atoms with Gasteiger partial charge in [0.1, 0.15) is 6.07 Å². The molecule has 0 N–H and O–H groups in total. The van der Waals surface area contributed by atoms with Crippen LogP contribution in [0.1, 0.15) is 5.69 Å². The van der Waals surface area contributed by atoms with Gasteiger partial charge in [-0.25, -0.2) is 13.8 Å². The molecule has 0 saturated carbocycles. The summed E-state index contributed by atoms with van der Waals surface area (Å²) in [4.78, 5) is 5.09. The van der Waals surface area contributed by atoms with Crippen molar-refractivity contribution < 1.29 is 8.78 Å².